The molecule has 1 aromatic carbocycles. The fourth-order valence-corrected chi connectivity index (χ4v) is 2.13. The van der Waals surface area contributed by atoms with Gasteiger partial charge in [0.15, 0.2) is 0 Å². The topological polar surface area (TPSA) is 20.2 Å². The number of hydrogen-bond acceptors (Lipinski definition) is 1. The van der Waals surface area contributed by atoms with Gasteiger partial charge in [0.05, 0.1) is 11.7 Å². The SMILES string of the molecule is OC(CCC(Br)CBr)c1ccc(C(F)(F)F)cc1F. The van der Waals surface area contributed by atoms with Crippen LogP contribution >= 0.6 is 31.9 Å². The van der Waals surface area contributed by atoms with Crippen LogP contribution in [-0.4, -0.2) is 15.3 Å². The van der Waals surface area contributed by atoms with Crippen LogP contribution in [0.5, 0.6) is 0 Å². The summed E-state index contributed by atoms with van der Waals surface area (Å²) in [7, 11) is 0. The number of alkyl halides is 5. The van der Waals surface area contributed by atoms with Gasteiger partial charge >= 0.3 is 6.18 Å². The highest BCUT2D eigenvalue weighted by molar-refractivity contribution is 9.12. The van der Waals surface area contributed by atoms with Gasteiger partial charge in [-0.25, -0.2) is 4.39 Å². The van der Waals surface area contributed by atoms with Crippen molar-refractivity contribution in [3.8, 4) is 0 Å². The van der Waals surface area contributed by atoms with Gasteiger partial charge in [-0.1, -0.05) is 37.9 Å². The van der Waals surface area contributed by atoms with Gasteiger partial charge in [-0.3, -0.25) is 0 Å². The minimum atomic E-state index is -4.58. The second-order valence-electron chi connectivity index (χ2n) is 4.08. The zero-order valence-corrected chi connectivity index (χ0v) is 12.9. The lowest BCUT2D eigenvalue weighted by Crippen LogP contribution is -2.09. The molecule has 0 saturated heterocycles. The quantitative estimate of drug-likeness (QED) is 0.548. The van der Waals surface area contributed by atoms with E-state index >= 15 is 0 Å². The lowest BCUT2D eigenvalue weighted by molar-refractivity contribution is -0.137. The molecule has 0 aliphatic heterocycles. The average molecular weight is 408 g/mol. The lowest BCUT2D eigenvalue weighted by atomic mass is 10.0. The third-order valence-electron chi connectivity index (χ3n) is 2.61. The first-order valence-electron chi connectivity index (χ1n) is 5.50. The Morgan fingerprint density at radius 1 is 1.21 bits per heavy atom. The molecule has 0 amide bonds. The molecule has 0 heterocycles. The minimum Gasteiger partial charge on any atom is -0.388 e. The van der Waals surface area contributed by atoms with E-state index in [0.717, 1.165) is 12.1 Å². The van der Waals surface area contributed by atoms with Crippen molar-refractivity contribution in [1.82, 2.24) is 0 Å². The largest absolute Gasteiger partial charge is 0.416 e. The van der Waals surface area contributed by atoms with E-state index in [2.05, 4.69) is 31.9 Å². The summed E-state index contributed by atoms with van der Waals surface area (Å²) in [4.78, 5) is 0.125. The fourth-order valence-electron chi connectivity index (χ4n) is 1.55. The Morgan fingerprint density at radius 2 is 1.84 bits per heavy atom. The van der Waals surface area contributed by atoms with Crippen molar-refractivity contribution in [3.63, 3.8) is 0 Å². The summed E-state index contributed by atoms with van der Waals surface area (Å²) in [6.07, 6.45) is -4.85. The summed E-state index contributed by atoms with van der Waals surface area (Å²) in [6.45, 7) is 0. The number of aliphatic hydroxyl groups excluding tert-OH is 1. The van der Waals surface area contributed by atoms with Crippen LogP contribution in [-0.2, 0) is 6.18 Å². The van der Waals surface area contributed by atoms with E-state index in [4.69, 9.17) is 0 Å². The van der Waals surface area contributed by atoms with E-state index in [0.29, 0.717) is 17.8 Å². The number of halogens is 6. The highest BCUT2D eigenvalue weighted by Gasteiger charge is 2.31. The van der Waals surface area contributed by atoms with Gasteiger partial charge in [0.25, 0.3) is 0 Å². The molecule has 1 aromatic rings. The van der Waals surface area contributed by atoms with Gasteiger partial charge in [0.1, 0.15) is 5.82 Å². The normalized spacial score (nSPS) is 15.3. The molecular weight excluding hydrogens is 396 g/mol. The van der Waals surface area contributed by atoms with Crippen molar-refractivity contribution in [2.45, 2.75) is 29.9 Å². The first-order valence-corrected chi connectivity index (χ1v) is 7.54. The van der Waals surface area contributed by atoms with Crippen molar-refractivity contribution in [1.29, 1.82) is 0 Å². The van der Waals surface area contributed by atoms with Gasteiger partial charge in [-0.05, 0) is 25.0 Å². The summed E-state index contributed by atoms with van der Waals surface area (Å²) >= 11 is 6.57. The molecule has 0 aliphatic rings. The highest BCUT2D eigenvalue weighted by atomic mass is 79.9. The van der Waals surface area contributed by atoms with Crippen LogP contribution in [0.1, 0.15) is 30.1 Å². The molecule has 0 aromatic heterocycles. The molecule has 0 bridgehead atoms. The van der Waals surface area contributed by atoms with Crippen LogP contribution in [0.25, 0.3) is 0 Å². The smallest absolute Gasteiger partial charge is 0.388 e. The average Bonchev–Trinajstić information content (AvgIpc) is 2.34. The zero-order valence-electron chi connectivity index (χ0n) is 9.72. The van der Waals surface area contributed by atoms with E-state index < -0.39 is 23.7 Å². The second-order valence-corrected chi connectivity index (χ2v) is 6.02. The van der Waals surface area contributed by atoms with Crippen molar-refractivity contribution < 1.29 is 22.7 Å². The van der Waals surface area contributed by atoms with Crippen molar-refractivity contribution >= 4 is 31.9 Å². The Balaban J connectivity index is 2.79. The van der Waals surface area contributed by atoms with Gasteiger partial charge in [0, 0.05) is 15.7 Å². The monoisotopic (exact) mass is 406 g/mol. The predicted octanol–water partition coefficient (Wildman–Crippen LogP) is 4.82. The molecule has 0 radical (unpaired) electrons. The van der Waals surface area contributed by atoms with Crippen LogP contribution in [0, 0.1) is 5.82 Å². The number of benzene rings is 1. The molecule has 2 unspecified atom stereocenters. The Morgan fingerprint density at radius 3 is 2.32 bits per heavy atom. The van der Waals surface area contributed by atoms with E-state index in [9.17, 15) is 22.7 Å². The summed E-state index contributed by atoms with van der Waals surface area (Å²) in [5, 5.41) is 10.5. The molecule has 7 heteroatoms. The molecule has 0 aliphatic carbocycles. The van der Waals surface area contributed by atoms with Crippen LogP contribution in [0.4, 0.5) is 17.6 Å². The zero-order chi connectivity index (χ0) is 14.6. The molecule has 1 N–H and O–H groups in total. The molecule has 108 valence electrons. The maximum absolute atomic E-state index is 13.6. The summed E-state index contributed by atoms with van der Waals surface area (Å²) < 4.78 is 50.6. The molecular formula is C12H12Br2F4O. The van der Waals surface area contributed by atoms with E-state index in [-0.39, 0.29) is 16.8 Å². The number of rotatable bonds is 5. The molecule has 1 nitrogen and oxygen atoms in total. The van der Waals surface area contributed by atoms with Gasteiger partial charge in [-0.2, -0.15) is 13.2 Å². The molecule has 0 spiro atoms. The summed E-state index contributed by atoms with van der Waals surface area (Å²) in [6, 6.07) is 2.17. The summed E-state index contributed by atoms with van der Waals surface area (Å²) in [5.74, 6) is -1.03. The van der Waals surface area contributed by atoms with Crippen molar-refractivity contribution in [3.05, 3.63) is 35.1 Å². The van der Waals surface area contributed by atoms with Crippen LogP contribution in [0.3, 0.4) is 0 Å². The van der Waals surface area contributed by atoms with E-state index in [1.54, 1.807) is 0 Å². The Labute approximate surface area is 125 Å². The molecule has 1 rings (SSSR count). The Kier molecular flexibility index (Phi) is 6.26. The second kappa shape index (κ2) is 7.04. The molecule has 19 heavy (non-hydrogen) atoms. The maximum Gasteiger partial charge on any atom is 0.416 e. The Hall–Kier alpha value is -0.140. The molecule has 0 fully saturated rings. The standard InChI is InChI=1S/C12H12Br2F4O/c13-6-8(14)2-4-11(19)9-3-1-7(5-10(9)15)12(16,17)18/h1,3,5,8,11,19H,2,4,6H2. The third kappa shape index (κ3) is 5.04. The molecule has 0 saturated carbocycles. The van der Waals surface area contributed by atoms with E-state index in [1.807, 2.05) is 0 Å². The Bertz CT molecular complexity index is 423. The minimum absolute atomic E-state index is 0.109. The van der Waals surface area contributed by atoms with Crippen LogP contribution in [0.2, 0.25) is 0 Å². The molecule has 2 atom stereocenters. The highest BCUT2D eigenvalue weighted by Crippen LogP contribution is 2.32. The maximum atomic E-state index is 13.6. The van der Waals surface area contributed by atoms with E-state index in [1.165, 1.54) is 0 Å². The van der Waals surface area contributed by atoms with Gasteiger partial charge in [-0.15, -0.1) is 0 Å². The van der Waals surface area contributed by atoms with Crippen LogP contribution < -0.4 is 0 Å². The van der Waals surface area contributed by atoms with Gasteiger partial charge in [0.2, 0.25) is 0 Å². The third-order valence-corrected chi connectivity index (χ3v) is 5.04. The van der Waals surface area contributed by atoms with Crippen molar-refractivity contribution in [2.75, 3.05) is 5.33 Å². The fraction of sp³-hybridized carbons (Fsp3) is 0.500. The van der Waals surface area contributed by atoms with Crippen molar-refractivity contribution in [2.24, 2.45) is 0 Å². The first kappa shape index (κ1) is 16.9. The first-order chi connectivity index (χ1) is 8.75. The predicted molar refractivity (Wildman–Crippen MR) is 72.1 cm³/mol. The van der Waals surface area contributed by atoms with Gasteiger partial charge < -0.3 is 5.11 Å². The number of hydrogen-bond donors (Lipinski definition) is 1. The van der Waals surface area contributed by atoms with Crippen LogP contribution in [0.15, 0.2) is 18.2 Å². The number of aliphatic hydroxyl groups is 1. The lowest BCUT2D eigenvalue weighted by Gasteiger charge is -2.15. The summed E-state index contributed by atoms with van der Waals surface area (Å²) in [5.41, 5.74) is -1.16.